The van der Waals surface area contributed by atoms with Crippen LogP contribution in [0.15, 0.2) is 58.5 Å². The van der Waals surface area contributed by atoms with Crippen LogP contribution in [0.4, 0.5) is 18.9 Å². The van der Waals surface area contributed by atoms with Crippen LogP contribution in [0.3, 0.4) is 0 Å². The lowest BCUT2D eigenvalue weighted by Crippen LogP contribution is -2.29. The number of amides is 1. The van der Waals surface area contributed by atoms with E-state index >= 15 is 0 Å². The number of nitrogens with zero attached hydrogens (tertiary/aromatic N) is 1. The van der Waals surface area contributed by atoms with E-state index in [0.29, 0.717) is 10.6 Å². The van der Waals surface area contributed by atoms with Crippen molar-refractivity contribution in [1.29, 1.82) is 0 Å². The molecule has 6 nitrogen and oxygen atoms in total. The largest absolute Gasteiger partial charge is 0.471 e. The molecule has 0 fully saturated rings. The Labute approximate surface area is 158 Å². The van der Waals surface area contributed by atoms with Crippen molar-refractivity contribution in [2.24, 2.45) is 5.10 Å². The minimum Gasteiger partial charge on any atom is -0.318 e. The second-order valence-electron chi connectivity index (χ2n) is 5.28. The van der Waals surface area contributed by atoms with E-state index in [4.69, 9.17) is 11.6 Å². The molecule has 0 aliphatic rings. The molecule has 11 heteroatoms. The molecule has 0 atom stereocenters. The second-order valence-corrected chi connectivity index (χ2v) is 7.37. The lowest BCUT2D eigenvalue weighted by Gasteiger charge is -2.09. The van der Waals surface area contributed by atoms with E-state index in [9.17, 15) is 26.4 Å². The predicted molar refractivity (Wildman–Crippen MR) is 95.1 cm³/mol. The van der Waals surface area contributed by atoms with Gasteiger partial charge in [-0.1, -0.05) is 23.7 Å². The number of hydrogen-bond acceptors (Lipinski definition) is 4. The van der Waals surface area contributed by atoms with Crippen LogP contribution in [0.2, 0.25) is 5.02 Å². The summed E-state index contributed by atoms with van der Waals surface area (Å²) in [6.45, 7) is 1.51. The predicted octanol–water partition coefficient (Wildman–Crippen LogP) is 3.54. The van der Waals surface area contributed by atoms with Crippen molar-refractivity contribution in [2.75, 3.05) is 5.32 Å². The molecule has 0 aliphatic carbocycles. The third-order valence-electron chi connectivity index (χ3n) is 3.28. The van der Waals surface area contributed by atoms with Crippen molar-refractivity contribution in [3.8, 4) is 0 Å². The lowest BCUT2D eigenvalue weighted by molar-refractivity contribution is -0.167. The van der Waals surface area contributed by atoms with Gasteiger partial charge in [0.05, 0.1) is 10.6 Å². The van der Waals surface area contributed by atoms with Gasteiger partial charge in [0, 0.05) is 10.7 Å². The molecule has 0 aliphatic heterocycles. The summed E-state index contributed by atoms with van der Waals surface area (Å²) in [5.41, 5.74) is 0.649. The first-order valence-electron chi connectivity index (χ1n) is 7.29. The fourth-order valence-corrected chi connectivity index (χ4v) is 2.84. The number of hydrazone groups is 1. The SMILES string of the molecule is C/C(=N/NS(=O)(=O)c1ccc(Cl)cc1)c1ccc(NC(=O)C(F)(F)F)cc1. The van der Waals surface area contributed by atoms with E-state index in [1.807, 2.05) is 0 Å². The minimum atomic E-state index is -4.99. The Morgan fingerprint density at radius 2 is 1.59 bits per heavy atom. The average Bonchev–Trinajstić information content (AvgIpc) is 2.60. The zero-order chi connectivity index (χ0) is 20.2. The fraction of sp³-hybridized carbons (Fsp3) is 0.125. The van der Waals surface area contributed by atoms with E-state index in [-0.39, 0.29) is 16.3 Å². The maximum atomic E-state index is 12.2. The normalized spacial score (nSPS) is 12.6. The number of alkyl halides is 3. The van der Waals surface area contributed by atoms with Crippen molar-refractivity contribution in [3.63, 3.8) is 0 Å². The molecule has 2 rings (SSSR count). The number of hydrogen-bond donors (Lipinski definition) is 2. The molecule has 2 N–H and O–H groups in total. The molecule has 0 unspecified atom stereocenters. The molecule has 2 aromatic rings. The van der Waals surface area contributed by atoms with Gasteiger partial charge in [0.15, 0.2) is 0 Å². The number of carbonyl (C=O) groups excluding carboxylic acids is 1. The van der Waals surface area contributed by atoms with Crippen LogP contribution in [0.25, 0.3) is 0 Å². The summed E-state index contributed by atoms with van der Waals surface area (Å²) in [5, 5.41) is 5.86. The molecule has 0 radical (unpaired) electrons. The van der Waals surface area contributed by atoms with Gasteiger partial charge in [-0.25, -0.2) is 0 Å². The molecule has 0 saturated carbocycles. The highest BCUT2D eigenvalue weighted by atomic mass is 35.5. The Bertz CT molecular complexity index is 957. The Kier molecular flexibility index (Phi) is 6.11. The van der Waals surface area contributed by atoms with Crippen LogP contribution in [0.1, 0.15) is 12.5 Å². The zero-order valence-corrected chi connectivity index (χ0v) is 15.3. The van der Waals surface area contributed by atoms with Crippen molar-refractivity contribution in [1.82, 2.24) is 4.83 Å². The second kappa shape index (κ2) is 7.97. The van der Waals surface area contributed by atoms with E-state index in [1.165, 1.54) is 55.5 Å². The minimum absolute atomic E-state index is 0.0336. The highest BCUT2D eigenvalue weighted by molar-refractivity contribution is 7.89. The molecular formula is C16H13ClF3N3O3S. The van der Waals surface area contributed by atoms with Gasteiger partial charge in [0.25, 0.3) is 10.0 Å². The van der Waals surface area contributed by atoms with Gasteiger partial charge in [-0.3, -0.25) is 4.79 Å². The van der Waals surface area contributed by atoms with Gasteiger partial charge in [-0.15, -0.1) is 0 Å². The number of rotatable bonds is 5. The molecule has 1 amide bonds. The zero-order valence-electron chi connectivity index (χ0n) is 13.7. The first-order chi connectivity index (χ1) is 12.5. The highest BCUT2D eigenvalue weighted by Gasteiger charge is 2.38. The Hall–Kier alpha value is -2.59. The van der Waals surface area contributed by atoms with Crippen LogP contribution >= 0.6 is 11.6 Å². The van der Waals surface area contributed by atoms with Gasteiger partial charge in [-0.05, 0) is 48.9 Å². The van der Waals surface area contributed by atoms with Gasteiger partial charge in [0.1, 0.15) is 0 Å². The lowest BCUT2D eigenvalue weighted by atomic mass is 10.1. The third-order valence-corrected chi connectivity index (χ3v) is 4.75. The number of carbonyl (C=O) groups is 1. The summed E-state index contributed by atoms with van der Waals surface area (Å²) in [7, 11) is -3.90. The number of halogens is 4. The summed E-state index contributed by atoms with van der Waals surface area (Å²) in [5.74, 6) is -2.09. The van der Waals surface area contributed by atoms with Crippen molar-refractivity contribution in [3.05, 3.63) is 59.1 Å². The maximum Gasteiger partial charge on any atom is 0.471 e. The smallest absolute Gasteiger partial charge is 0.318 e. The van der Waals surface area contributed by atoms with Gasteiger partial charge in [-0.2, -0.15) is 31.5 Å². The summed E-state index contributed by atoms with van der Waals surface area (Å²) in [6, 6.07) is 10.7. The third kappa shape index (κ3) is 5.69. The molecule has 0 bridgehead atoms. The number of sulfonamides is 1. The van der Waals surface area contributed by atoms with E-state index in [2.05, 4.69) is 9.93 Å². The quantitative estimate of drug-likeness (QED) is 0.574. The van der Waals surface area contributed by atoms with Crippen LogP contribution in [0.5, 0.6) is 0 Å². The first-order valence-corrected chi connectivity index (χ1v) is 9.15. The molecule has 0 spiro atoms. The monoisotopic (exact) mass is 419 g/mol. The molecular weight excluding hydrogens is 407 g/mol. The van der Waals surface area contributed by atoms with E-state index in [1.54, 1.807) is 5.32 Å². The molecule has 144 valence electrons. The molecule has 0 heterocycles. The van der Waals surface area contributed by atoms with Crippen molar-refractivity contribution < 1.29 is 26.4 Å². The summed E-state index contributed by atoms with van der Waals surface area (Å²) >= 11 is 5.71. The molecule has 0 saturated heterocycles. The highest BCUT2D eigenvalue weighted by Crippen LogP contribution is 2.19. The summed E-state index contributed by atoms with van der Waals surface area (Å²) < 4.78 is 60.9. The van der Waals surface area contributed by atoms with E-state index < -0.39 is 22.1 Å². The summed E-state index contributed by atoms with van der Waals surface area (Å²) in [6.07, 6.45) is -4.99. The van der Waals surface area contributed by atoms with Crippen LogP contribution in [-0.2, 0) is 14.8 Å². The average molecular weight is 420 g/mol. The van der Waals surface area contributed by atoms with Crippen LogP contribution in [-0.4, -0.2) is 26.2 Å². The molecule has 0 aromatic heterocycles. The molecule has 2 aromatic carbocycles. The standard InChI is InChI=1S/C16H13ClF3N3O3S/c1-10(22-23-27(25,26)14-8-4-12(17)5-9-14)11-2-6-13(7-3-11)21-15(24)16(18,19)20/h2-9,23H,1H3,(H,21,24)/b22-10-. The van der Waals surface area contributed by atoms with E-state index in [0.717, 1.165) is 0 Å². The number of anilines is 1. The summed E-state index contributed by atoms with van der Waals surface area (Å²) in [4.78, 5) is 12.9. The van der Waals surface area contributed by atoms with Gasteiger partial charge >= 0.3 is 12.1 Å². The van der Waals surface area contributed by atoms with Crippen LogP contribution in [0, 0.1) is 0 Å². The Balaban J connectivity index is 2.09. The number of nitrogens with one attached hydrogen (secondary N) is 2. The topological polar surface area (TPSA) is 87.6 Å². The van der Waals surface area contributed by atoms with Crippen molar-refractivity contribution >= 4 is 38.9 Å². The maximum absolute atomic E-state index is 12.2. The number of benzene rings is 2. The van der Waals surface area contributed by atoms with Gasteiger partial charge in [0.2, 0.25) is 0 Å². The van der Waals surface area contributed by atoms with Crippen molar-refractivity contribution in [2.45, 2.75) is 18.0 Å². The first kappa shape index (κ1) is 20.7. The van der Waals surface area contributed by atoms with Gasteiger partial charge < -0.3 is 5.32 Å². The Morgan fingerprint density at radius 1 is 1.04 bits per heavy atom. The Morgan fingerprint density at radius 3 is 2.11 bits per heavy atom. The molecule has 27 heavy (non-hydrogen) atoms. The fourth-order valence-electron chi connectivity index (χ4n) is 1.86. The van der Waals surface area contributed by atoms with Crippen LogP contribution < -0.4 is 10.1 Å².